The maximum absolute atomic E-state index is 13.9. The van der Waals surface area contributed by atoms with Crippen molar-refractivity contribution < 1.29 is 9.18 Å². The Morgan fingerprint density at radius 2 is 2.00 bits per heavy atom. The molecule has 0 saturated heterocycles. The van der Waals surface area contributed by atoms with Gasteiger partial charge in [-0.25, -0.2) is 9.37 Å². The van der Waals surface area contributed by atoms with Gasteiger partial charge in [-0.2, -0.15) is 0 Å². The highest BCUT2D eigenvalue weighted by Gasteiger charge is 2.21. The third-order valence-corrected chi connectivity index (χ3v) is 4.78. The summed E-state index contributed by atoms with van der Waals surface area (Å²) in [4.78, 5) is 21.1. The van der Waals surface area contributed by atoms with E-state index in [1.165, 1.54) is 6.07 Å². The second-order valence-corrected chi connectivity index (χ2v) is 6.81. The number of fused-ring (bicyclic) bond motifs is 1. The monoisotopic (exact) mass is 356 g/mol. The molecule has 1 amide bonds. The number of hydrogen-bond acceptors (Lipinski definition) is 4. The summed E-state index contributed by atoms with van der Waals surface area (Å²) in [6.45, 7) is 2.22. The summed E-state index contributed by atoms with van der Waals surface area (Å²) in [6, 6.07) is 8.88. The second-order valence-electron chi connectivity index (χ2n) is 6.81. The van der Waals surface area contributed by atoms with Gasteiger partial charge in [-0.3, -0.25) is 9.69 Å². The zero-order valence-electron chi connectivity index (χ0n) is 15.6. The van der Waals surface area contributed by atoms with E-state index in [1.807, 2.05) is 37.2 Å². The fraction of sp³-hybridized carbons (Fsp3) is 0.400. The van der Waals surface area contributed by atoms with E-state index in [2.05, 4.69) is 10.2 Å². The SMILES string of the molecule is CNC(=O)c1cc2c(nc1N(C)C)CCN(Cc1ccccc1F)CC2. The van der Waals surface area contributed by atoms with Crippen molar-refractivity contribution in [1.29, 1.82) is 0 Å². The number of aromatic nitrogens is 1. The van der Waals surface area contributed by atoms with Crippen LogP contribution < -0.4 is 10.2 Å². The number of carbonyl (C=O) groups is 1. The van der Waals surface area contributed by atoms with Crippen molar-refractivity contribution in [3.8, 4) is 0 Å². The van der Waals surface area contributed by atoms with Gasteiger partial charge >= 0.3 is 0 Å². The van der Waals surface area contributed by atoms with Gasteiger partial charge in [-0.05, 0) is 24.1 Å². The zero-order valence-corrected chi connectivity index (χ0v) is 15.6. The molecule has 0 radical (unpaired) electrons. The highest BCUT2D eigenvalue weighted by molar-refractivity contribution is 5.99. The molecule has 1 aromatic carbocycles. The van der Waals surface area contributed by atoms with Crippen molar-refractivity contribution in [2.45, 2.75) is 19.4 Å². The minimum absolute atomic E-state index is 0.128. The maximum atomic E-state index is 13.9. The van der Waals surface area contributed by atoms with Crippen molar-refractivity contribution in [2.75, 3.05) is 39.1 Å². The number of anilines is 1. The van der Waals surface area contributed by atoms with Gasteiger partial charge in [0.25, 0.3) is 5.91 Å². The molecule has 0 bridgehead atoms. The Kier molecular flexibility index (Phi) is 5.52. The number of hydrogen-bond donors (Lipinski definition) is 1. The van der Waals surface area contributed by atoms with Gasteiger partial charge in [-0.15, -0.1) is 0 Å². The minimum Gasteiger partial charge on any atom is -0.362 e. The lowest BCUT2D eigenvalue weighted by atomic mass is 10.0. The summed E-state index contributed by atoms with van der Waals surface area (Å²) < 4.78 is 13.9. The van der Waals surface area contributed by atoms with E-state index in [-0.39, 0.29) is 11.7 Å². The third-order valence-electron chi connectivity index (χ3n) is 4.78. The normalized spacial score (nSPS) is 14.5. The molecule has 1 aromatic heterocycles. The molecule has 3 rings (SSSR count). The first-order chi connectivity index (χ1) is 12.5. The molecular formula is C20H25FN4O. The molecule has 0 unspecified atom stereocenters. The van der Waals surface area contributed by atoms with Gasteiger partial charge in [0.2, 0.25) is 0 Å². The number of halogens is 1. The lowest BCUT2D eigenvalue weighted by Gasteiger charge is -2.19. The van der Waals surface area contributed by atoms with Crippen LogP contribution in [-0.2, 0) is 19.4 Å². The van der Waals surface area contributed by atoms with Crippen LogP contribution in [0.1, 0.15) is 27.2 Å². The van der Waals surface area contributed by atoms with Crippen LogP contribution >= 0.6 is 0 Å². The molecule has 0 aliphatic carbocycles. The summed E-state index contributed by atoms with van der Waals surface area (Å²) in [7, 11) is 5.41. The Balaban J connectivity index is 1.83. The second kappa shape index (κ2) is 7.83. The average Bonchev–Trinajstić information content (AvgIpc) is 2.84. The molecule has 1 N–H and O–H groups in total. The summed E-state index contributed by atoms with van der Waals surface area (Å²) in [6.07, 6.45) is 1.59. The van der Waals surface area contributed by atoms with E-state index in [1.54, 1.807) is 13.1 Å². The van der Waals surface area contributed by atoms with Gasteiger partial charge in [0.05, 0.1) is 5.56 Å². The van der Waals surface area contributed by atoms with Crippen molar-refractivity contribution in [1.82, 2.24) is 15.2 Å². The fourth-order valence-corrected chi connectivity index (χ4v) is 3.34. The lowest BCUT2D eigenvalue weighted by molar-refractivity contribution is 0.0963. The van der Waals surface area contributed by atoms with Crippen molar-refractivity contribution in [2.24, 2.45) is 0 Å². The number of carbonyl (C=O) groups excluding carboxylic acids is 1. The molecule has 0 spiro atoms. The summed E-state index contributed by atoms with van der Waals surface area (Å²) in [5.41, 5.74) is 3.44. The van der Waals surface area contributed by atoms with Gasteiger partial charge in [0.1, 0.15) is 11.6 Å². The summed E-state index contributed by atoms with van der Waals surface area (Å²) in [5.74, 6) is 0.395. The predicted octanol–water partition coefficient (Wildman–Crippen LogP) is 2.25. The summed E-state index contributed by atoms with van der Waals surface area (Å²) >= 11 is 0. The van der Waals surface area contributed by atoms with Gasteiger partial charge in [-0.1, -0.05) is 18.2 Å². The summed E-state index contributed by atoms with van der Waals surface area (Å²) in [5, 5.41) is 2.69. The van der Waals surface area contributed by atoms with E-state index >= 15 is 0 Å². The molecule has 1 aliphatic rings. The Hall–Kier alpha value is -2.47. The van der Waals surface area contributed by atoms with Crippen molar-refractivity contribution >= 4 is 11.7 Å². The highest BCUT2D eigenvalue weighted by atomic mass is 19.1. The quantitative estimate of drug-likeness (QED) is 0.913. The molecule has 2 aromatic rings. The van der Waals surface area contributed by atoms with Crippen LogP contribution in [0.25, 0.3) is 0 Å². The van der Waals surface area contributed by atoms with E-state index < -0.39 is 0 Å². The van der Waals surface area contributed by atoms with Crippen molar-refractivity contribution in [3.63, 3.8) is 0 Å². The smallest absolute Gasteiger partial charge is 0.254 e. The zero-order chi connectivity index (χ0) is 18.7. The van der Waals surface area contributed by atoms with Crippen LogP contribution in [-0.4, -0.2) is 50.0 Å². The number of nitrogens with zero attached hydrogens (tertiary/aromatic N) is 3. The first kappa shape index (κ1) is 18.3. The molecule has 2 heterocycles. The molecule has 138 valence electrons. The number of pyridine rings is 1. The van der Waals surface area contributed by atoms with Crippen LogP contribution in [0.4, 0.5) is 10.2 Å². The number of rotatable bonds is 4. The van der Waals surface area contributed by atoms with Crippen molar-refractivity contribution in [3.05, 3.63) is 58.5 Å². The van der Waals surface area contributed by atoms with E-state index in [9.17, 15) is 9.18 Å². The Labute approximate surface area is 153 Å². The molecule has 6 heteroatoms. The minimum atomic E-state index is -0.163. The van der Waals surface area contributed by atoms with Crippen LogP contribution in [0.15, 0.2) is 30.3 Å². The van der Waals surface area contributed by atoms with Crippen LogP contribution in [0, 0.1) is 5.82 Å². The van der Waals surface area contributed by atoms with Gasteiger partial charge in [0.15, 0.2) is 0 Å². The molecule has 0 atom stereocenters. The van der Waals surface area contributed by atoms with E-state index in [4.69, 9.17) is 4.98 Å². The number of amides is 1. The standard InChI is InChI=1S/C20H25FN4O/c1-22-20(26)16-12-14-8-10-25(13-15-6-4-5-7-17(15)21)11-9-18(14)23-19(16)24(2)3/h4-7,12H,8-11,13H2,1-3H3,(H,22,26). The first-order valence-corrected chi connectivity index (χ1v) is 8.87. The van der Waals surface area contributed by atoms with E-state index in [0.717, 1.165) is 37.2 Å². The maximum Gasteiger partial charge on any atom is 0.254 e. The fourth-order valence-electron chi connectivity index (χ4n) is 3.34. The number of nitrogens with one attached hydrogen (secondary N) is 1. The van der Waals surface area contributed by atoms with Crippen LogP contribution in [0.3, 0.4) is 0 Å². The van der Waals surface area contributed by atoms with E-state index in [0.29, 0.717) is 23.5 Å². The number of benzene rings is 1. The largest absolute Gasteiger partial charge is 0.362 e. The average molecular weight is 356 g/mol. The van der Waals surface area contributed by atoms with Crippen LogP contribution in [0.2, 0.25) is 0 Å². The van der Waals surface area contributed by atoms with Crippen LogP contribution in [0.5, 0.6) is 0 Å². The Morgan fingerprint density at radius 1 is 1.27 bits per heavy atom. The van der Waals surface area contributed by atoms with Gasteiger partial charge in [0, 0.05) is 58.5 Å². The van der Waals surface area contributed by atoms with Gasteiger partial charge < -0.3 is 10.2 Å². The molecule has 0 fully saturated rings. The topological polar surface area (TPSA) is 48.5 Å². The first-order valence-electron chi connectivity index (χ1n) is 8.87. The Bertz CT molecular complexity index is 806. The lowest BCUT2D eigenvalue weighted by Crippen LogP contribution is -2.26. The third kappa shape index (κ3) is 3.85. The predicted molar refractivity (Wildman–Crippen MR) is 101 cm³/mol. The Morgan fingerprint density at radius 3 is 2.69 bits per heavy atom. The molecular weight excluding hydrogens is 331 g/mol. The molecule has 0 saturated carbocycles. The highest BCUT2D eigenvalue weighted by Crippen LogP contribution is 2.24. The molecule has 26 heavy (non-hydrogen) atoms. The molecule has 1 aliphatic heterocycles. The molecule has 5 nitrogen and oxygen atoms in total.